The van der Waals surface area contributed by atoms with Crippen molar-refractivity contribution >= 4 is 5.78 Å². The highest BCUT2D eigenvalue weighted by molar-refractivity contribution is 6.07. The molecule has 1 N–H and O–H groups in total. The first-order valence-corrected chi connectivity index (χ1v) is 8.04. The molecule has 136 valence electrons. The fourth-order valence-electron chi connectivity index (χ4n) is 3.40. The second kappa shape index (κ2) is 5.81. The first-order chi connectivity index (χ1) is 12.5. The Morgan fingerprint density at radius 2 is 1.77 bits per heavy atom. The van der Waals surface area contributed by atoms with Crippen LogP contribution in [0.2, 0.25) is 0 Å². The van der Waals surface area contributed by atoms with Crippen molar-refractivity contribution in [3.8, 4) is 28.7 Å². The number of hydrogen-bond donors (Lipinski definition) is 1. The Bertz CT molecular complexity index is 892. The van der Waals surface area contributed by atoms with Crippen molar-refractivity contribution in [1.82, 2.24) is 0 Å². The van der Waals surface area contributed by atoms with Crippen LogP contribution < -0.4 is 23.7 Å². The molecule has 2 aromatic carbocycles. The Hall–Kier alpha value is -2.93. The molecule has 0 amide bonds. The number of ketones is 1. The standard InChI is InChI=1S/C19H18O7/c1-22-10-4-5-11-13(6-10)26-17-9-25-14-8-16(24-3)15(23-2)7-12(14)19(17,21)18(11)20/h4-8,17,21H,9H2,1-3H3/t17-,19+/m0/s1. The van der Waals surface area contributed by atoms with E-state index in [1.165, 1.54) is 21.3 Å². The van der Waals surface area contributed by atoms with Gasteiger partial charge < -0.3 is 28.8 Å². The zero-order valence-corrected chi connectivity index (χ0v) is 14.6. The van der Waals surface area contributed by atoms with E-state index >= 15 is 0 Å². The van der Waals surface area contributed by atoms with Crippen LogP contribution in [0, 0.1) is 0 Å². The molecule has 0 spiro atoms. The summed E-state index contributed by atoms with van der Waals surface area (Å²) in [6.07, 6.45) is -0.889. The summed E-state index contributed by atoms with van der Waals surface area (Å²) in [5, 5.41) is 11.4. The third kappa shape index (κ3) is 2.13. The molecule has 0 unspecified atom stereocenters. The lowest BCUT2D eigenvalue weighted by Gasteiger charge is -2.43. The minimum atomic E-state index is -1.88. The van der Waals surface area contributed by atoms with E-state index in [1.54, 1.807) is 30.3 Å². The predicted octanol–water partition coefficient (Wildman–Crippen LogP) is 1.94. The molecule has 0 aromatic heterocycles. The fourth-order valence-corrected chi connectivity index (χ4v) is 3.40. The molecule has 2 atom stereocenters. The monoisotopic (exact) mass is 358 g/mol. The number of carbonyl (C=O) groups excluding carboxylic acids is 1. The van der Waals surface area contributed by atoms with Crippen molar-refractivity contribution < 1.29 is 33.6 Å². The Balaban J connectivity index is 1.88. The molecule has 0 bridgehead atoms. The van der Waals surface area contributed by atoms with Crippen LogP contribution in [0.5, 0.6) is 28.7 Å². The summed E-state index contributed by atoms with van der Waals surface area (Å²) >= 11 is 0. The van der Waals surface area contributed by atoms with Gasteiger partial charge in [-0.3, -0.25) is 4.79 Å². The normalized spacial score (nSPS) is 22.9. The maximum atomic E-state index is 13.2. The number of carbonyl (C=O) groups is 1. The molecule has 0 fully saturated rings. The maximum absolute atomic E-state index is 13.2. The zero-order chi connectivity index (χ0) is 18.5. The molecular formula is C19H18O7. The number of methoxy groups -OCH3 is 3. The molecule has 4 rings (SSSR count). The number of ether oxygens (including phenoxy) is 5. The van der Waals surface area contributed by atoms with Crippen LogP contribution in [0.4, 0.5) is 0 Å². The molecule has 26 heavy (non-hydrogen) atoms. The van der Waals surface area contributed by atoms with Crippen LogP contribution in [0.3, 0.4) is 0 Å². The quantitative estimate of drug-likeness (QED) is 0.898. The third-order valence-corrected chi connectivity index (χ3v) is 4.80. The Labute approximate surface area is 150 Å². The van der Waals surface area contributed by atoms with Gasteiger partial charge >= 0.3 is 0 Å². The molecular weight excluding hydrogens is 340 g/mol. The van der Waals surface area contributed by atoms with Crippen LogP contribution in [0.1, 0.15) is 15.9 Å². The van der Waals surface area contributed by atoms with E-state index in [4.69, 9.17) is 23.7 Å². The molecule has 0 saturated carbocycles. The summed E-state index contributed by atoms with van der Waals surface area (Å²) in [4.78, 5) is 13.2. The van der Waals surface area contributed by atoms with Crippen molar-refractivity contribution in [3.63, 3.8) is 0 Å². The van der Waals surface area contributed by atoms with Gasteiger partial charge in [-0.25, -0.2) is 0 Å². The molecule has 7 heteroatoms. The predicted molar refractivity (Wildman–Crippen MR) is 90.7 cm³/mol. The fraction of sp³-hybridized carbons (Fsp3) is 0.316. The number of aliphatic hydroxyl groups is 1. The molecule has 2 aliphatic rings. The second-order valence-corrected chi connectivity index (χ2v) is 6.08. The molecule has 0 saturated heterocycles. The lowest BCUT2D eigenvalue weighted by molar-refractivity contribution is -0.0800. The van der Waals surface area contributed by atoms with E-state index in [9.17, 15) is 9.90 Å². The lowest BCUT2D eigenvalue weighted by atomic mass is 9.77. The van der Waals surface area contributed by atoms with Crippen LogP contribution in [0.25, 0.3) is 0 Å². The number of rotatable bonds is 3. The third-order valence-electron chi connectivity index (χ3n) is 4.80. The van der Waals surface area contributed by atoms with Gasteiger partial charge in [0.25, 0.3) is 0 Å². The van der Waals surface area contributed by atoms with Crippen molar-refractivity contribution in [2.24, 2.45) is 0 Å². The zero-order valence-electron chi connectivity index (χ0n) is 14.6. The summed E-state index contributed by atoms with van der Waals surface area (Å²) < 4.78 is 27.3. The van der Waals surface area contributed by atoms with Gasteiger partial charge in [0.1, 0.15) is 23.9 Å². The number of hydrogen-bond acceptors (Lipinski definition) is 7. The first-order valence-electron chi connectivity index (χ1n) is 8.04. The Kier molecular flexibility index (Phi) is 3.69. The van der Waals surface area contributed by atoms with Gasteiger partial charge in [0.15, 0.2) is 23.2 Å². The van der Waals surface area contributed by atoms with Gasteiger partial charge in [-0.2, -0.15) is 0 Å². The van der Waals surface area contributed by atoms with Gasteiger partial charge in [-0.1, -0.05) is 0 Å². The largest absolute Gasteiger partial charge is 0.497 e. The highest BCUT2D eigenvalue weighted by Crippen LogP contribution is 2.49. The van der Waals surface area contributed by atoms with Gasteiger partial charge in [-0.05, 0) is 18.2 Å². The average Bonchev–Trinajstić information content (AvgIpc) is 2.68. The molecule has 2 aliphatic heterocycles. The van der Waals surface area contributed by atoms with Gasteiger partial charge in [0.05, 0.1) is 26.9 Å². The molecule has 0 radical (unpaired) electrons. The molecule has 0 aliphatic carbocycles. The van der Waals surface area contributed by atoms with Crippen molar-refractivity contribution in [3.05, 3.63) is 41.5 Å². The smallest absolute Gasteiger partial charge is 0.206 e. The minimum Gasteiger partial charge on any atom is -0.497 e. The van der Waals surface area contributed by atoms with Gasteiger partial charge in [-0.15, -0.1) is 0 Å². The SMILES string of the molecule is COc1ccc2c(c1)O[C@H]1COc3cc(OC)c(OC)cc3[C@]1(O)C2=O. The van der Waals surface area contributed by atoms with Crippen LogP contribution in [-0.4, -0.2) is 44.9 Å². The van der Waals surface area contributed by atoms with Crippen LogP contribution in [0.15, 0.2) is 30.3 Å². The second-order valence-electron chi connectivity index (χ2n) is 6.08. The van der Waals surface area contributed by atoms with Gasteiger partial charge in [0.2, 0.25) is 5.78 Å². The lowest BCUT2D eigenvalue weighted by Crippen LogP contribution is -2.57. The average molecular weight is 358 g/mol. The van der Waals surface area contributed by atoms with Crippen molar-refractivity contribution in [2.45, 2.75) is 11.7 Å². The summed E-state index contributed by atoms with van der Waals surface area (Å²) in [6.45, 7) is 0.0153. The summed E-state index contributed by atoms with van der Waals surface area (Å²) in [5.74, 6) is 1.65. The van der Waals surface area contributed by atoms with E-state index in [1.807, 2.05) is 0 Å². The Morgan fingerprint density at radius 3 is 2.46 bits per heavy atom. The van der Waals surface area contributed by atoms with Crippen LogP contribution in [-0.2, 0) is 5.60 Å². The minimum absolute atomic E-state index is 0.0153. The van der Waals surface area contributed by atoms with E-state index in [0.29, 0.717) is 28.7 Å². The number of benzene rings is 2. The number of Topliss-reactive ketones (excluding diaryl/α,β-unsaturated/α-hetero) is 1. The molecule has 2 aromatic rings. The summed E-state index contributed by atoms with van der Waals surface area (Å²) in [6, 6.07) is 8.01. The van der Waals surface area contributed by atoms with E-state index in [0.717, 1.165) is 0 Å². The van der Waals surface area contributed by atoms with Crippen LogP contribution >= 0.6 is 0 Å². The summed E-state index contributed by atoms with van der Waals surface area (Å²) in [7, 11) is 4.52. The van der Waals surface area contributed by atoms with E-state index in [-0.39, 0.29) is 17.7 Å². The molecule has 7 nitrogen and oxygen atoms in total. The Morgan fingerprint density at radius 1 is 1.04 bits per heavy atom. The topological polar surface area (TPSA) is 83.5 Å². The van der Waals surface area contributed by atoms with E-state index < -0.39 is 17.5 Å². The van der Waals surface area contributed by atoms with Crippen molar-refractivity contribution in [2.75, 3.05) is 27.9 Å². The summed E-state index contributed by atoms with van der Waals surface area (Å²) in [5.41, 5.74) is -1.31. The highest BCUT2D eigenvalue weighted by atomic mass is 16.6. The van der Waals surface area contributed by atoms with E-state index in [2.05, 4.69) is 0 Å². The van der Waals surface area contributed by atoms with Gasteiger partial charge in [0, 0.05) is 17.7 Å². The first kappa shape index (κ1) is 16.5. The maximum Gasteiger partial charge on any atom is 0.206 e. The highest BCUT2D eigenvalue weighted by Gasteiger charge is 2.56. The molecule has 2 heterocycles. The number of fused-ring (bicyclic) bond motifs is 4. The van der Waals surface area contributed by atoms with Crippen molar-refractivity contribution in [1.29, 1.82) is 0 Å².